The molecule has 0 aromatic heterocycles. The number of amides is 1. The maximum absolute atomic E-state index is 12.2. The first-order valence-electron chi connectivity index (χ1n) is 8.18. The molecular weight excluding hydrogens is 264 g/mol. The predicted octanol–water partition coefficient (Wildman–Crippen LogP) is 2.41. The highest BCUT2D eigenvalue weighted by Crippen LogP contribution is 2.22. The topological polar surface area (TPSA) is 52.6 Å². The van der Waals surface area contributed by atoms with Crippen LogP contribution in [0.5, 0.6) is 0 Å². The van der Waals surface area contributed by atoms with E-state index in [0.717, 1.165) is 25.9 Å². The SMILES string of the molecule is CC(C)(C)CC(=O)N1CCC(NC[C@@H](O)C(C)(C)C)CC1. The number of nitrogens with zero attached hydrogens (tertiary/aromatic N) is 1. The van der Waals surface area contributed by atoms with Crippen LogP contribution in [0.1, 0.15) is 60.8 Å². The second-order valence-electron chi connectivity index (χ2n) is 8.68. The van der Waals surface area contributed by atoms with Crippen molar-refractivity contribution in [2.24, 2.45) is 10.8 Å². The van der Waals surface area contributed by atoms with E-state index in [0.29, 0.717) is 19.0 Å². The van der Waals surface area contributed by atoms with Gasteiger partial charge in [-0.15, -0.1) is 0 Å². The van der Waals surface area contributed by atoms with Gasteiger partial charge in [-0.2, -0.15) is 0 Å². The molecule has 0 unspecified atom stereocenters. The van der Waals surface area contributed by atoms with Crippen molar-refractivity contribution in [3.63, 3.8) is 0 Å². The monoisotopic (exact) mass is 298 g/mol. The first-order chi connectivity index (χ1) is 9.49. The van der Waals surface area contributed by atoms with Crippen LogP contribution in [0.25, 0.3) is 0 Å². The van der Waals surface area contributed by atoms with Crippen molar-refractivity contribution >= 4 is 5.91 Å². The normalized spacial score (nSPS) is 19.7. The van der Waals surface area contributed by atoms with E-state index in [-0.39, 0.29) is 22.8 Å². The molecule has 0 aromatic rings. The zero-order valence-corrected chi connectivity index (χ0v) is 14.7. The van der Waals surface area contributed by atoms with Gasteiger partial charge in [-0.05, 0) is 23.7 Å². The van der Waals surface area contributed by atoms with Gasteiger partial charge >= 0.3 is 0 Å². The van der Waals surface area contributed by atoms with E-state index < -0.39 is 0 Å². The van der Waals surface area contributed by atoms with Crippen LogP contribution in [0.2, 0.25) is 0 Å². The fraction of sp³-hybridized carbons (Fsp3) is 0.941. The number of piperidine rings is 1. The van der Waals surface area contributed by atoms with Gasteiger partial charge in [0.25, 0.3) is 0 Å². The minimum atomic E-state index is -0.335. The van der Waals surface area contributed by atoms with Crippen molar-refractivity contribution < 1.29 is 9.90 Å². The van der Waals surface area contributed by atoms with E-state index in [1.807, 2.05) is 25.7 Å². The molecule has 0 spiro atoms. The average molecular weight is 298 g/mol. The fourth-order valence-electron chi connectivity index (χ4n) is 2.48. The van der Waals surface area contributed by atoms with Gasteiger partial charge < -0.3 is 15.3 Å². The van der Waals surface area contributed by atoms with Gasteiger partial charge in [0.1, 0.15) is 0 Å². The number of carbonyl (C=O) groups excluding carboxylic acids is 1. The average Bonchev–Trinajstić information content (AvgIpc) is 2.33. The van der Waals surface area contributed by atoms with Gasteiger partial charge in [0.2, 0.25) is 5.91 Å². The quantitative estimate of drug-likeness (QED) is 0.838. The first-order valence-corrected chi connectivity index (χ1v) is 8.18. The lowest BCUT2D eigenvalue weighted by atomic mass is 9.89. The zero-order chi connectivity index (χ0) is 16.3. The number of hydrogen-bond acceptors (Lipinski definition) is 3. The highest BCUT2D eigenvalue weighted by atomic mass is 16.3. The standard InChI is InChI=1S/C17H34N2O2/c1-16(2,3)11-15(21)19-9-7-13(8-10-19)18-12-14(20)17(4,5)6/h13-14,18,20H,7-12H2,1-6H3/t14-/m1/s1. The van der Waals surface area contributed by atoms with Crippen LogP contribution < -0.4 is 5.32 Å². The molecule has 0 saturated carbocycles. The maximum Gasteiger partial charge on any atom is 0.223 e. The number of aliphatic hydroxyl groups is 1. The van der Waals surface area contributed by atoms with Crippen molar-refractivity contribution in [2.75, 3.05) is 19.6 Å². The molecule has 0 aliphatic carbocycles. The summed E-state index contributed by atoms with van der Waals surface area (Å²) in [6, 6.07) is 0.417. The highest BCUT2D eigenvalue weighted by molar-refractivity contribution is 5.76. The Morgan fingerprint density at radius 3 is 2.14 bits per heavy atom. The molecule has 0 aromatic carbocycles. The van der Waals surface area contributed by atoms with Crippen molar-refractivity contribution in [3.8, 4) is 0 Å². The summed E-state index contributed by atoms with van der Waals surface area (Å²) in [5, 5.41) is 13.5. The fourth-order valence-corrected chi connectivity index (χ4v) is 2.48. The van der Waals surface area contributed by atoms with Crippen LogP contribution >= 0.6 is 0 Å². The van der Waals surface area contributed by atoms with Crippen molar-refractivity contribution in [1.29, 1.82) is 0 Å². The molecule has 1 rings (SSSR count). The van der Waals surface area contributed by atoms with E-state index in [9.17, 15) is 9.90 Å². The molecule has 21 heavy (non-hydrogen) atoms. The minimum Gasteiger partial charge on any atom is -0.391 e. The Morgan fingerprint density at radius 1 is 1.19 bits per heavy atom. The molecule has 1 aliphatic heterocycles. The Bertz CT molecular complexity index is 334. The van der Waals surface area contributed by atoms with Gasteiger partial charge in [0, 0.05) is 32.1 Å². The number of hydrogen-bond donors (Lipinski definition) is 2. The molecular formula is C17H34N2O2. The van der Waals surface area contributed by atoms with Crippen LogP contribution in [0.3, 0.4) is 0 Å². The lowest BCUT2D eigenvalue weighted by Crippen LogP contribution is -2.48. The summed E-state index contributed by atoms with van der Waals surface area (Å²) in [4.78, 5) is 14.2. The number of rotatable bonds is 4. The second kappa shape index (κ2) is 7.10. The first kappa shape index (κ1) is 18.4. The summed E-state index contributed by atoms with van der Waals surface area (Å²) in [5.41, 5.74) is -0.0284. The van der Waals surface area contributed by atoms with Crippen LogP contribution in [-0.4, -0.2) is 47.7 Å². The summed E-state index contributed by atoms with van der Waals surface area (Å²) >= 11 is 0. The minimum absolute atomic E-state index is 0.0585. The van der Waals surface area contributed by atoms with E-state index in [1.165, 1.54) is 0 Å². The zero-order valence-electron chi connectivity index (χ0n) is 14.7. The van der Waals surface area contributed by atoms with E-state index in [4.69, 9.17) is 0 Å². The van der Waals surface area contributed by atoms with Crippen LogP contribution in [0, 0.1) is 10.8 Å². The van der Waals surface area contributed by atoms with E-state index in [2.05, 4.69) is 26.1 Å². The van der Waals surface area contributed by atoms with Crippen molar-refractivity contribution in [2.45, 2.75) is 73.0 Å². The molecule has 1 atom stereocenters. The van der Waals surface area contributed by atoms with Gasteiger partial charge in [0.15, 0.2) is 0 Å². The van der Waals surface area contributed by atoms with Crippen LogP contribution in [0.4, 0.5) is 0 Å². The largest absolute Gasteiger partial charge is 0.391 e. The van der Waals surface area contributed by atoms with E-state index >= 15 is 0 Å². The molecule has 4 nitrogen and oxygen atoms in total. The smallest absolute Gasteiger partial charge is 0.223 e. The molecule has 0 radical (unpaired) electrons. The molecule has 1 amide bonds. The Labute approximate surface area is 130 Å². The summed E-state index contributed by atoms with van der Waals surface area (Å²) in [7, 11) is 0. The lowest BCUT2D eigenvalue weighted by Gasteiger charge is -2.35. The molecule has 2 N–H and O–H groups in total. The number of carbonyl (C=O) groups is 1. The Hall–Kier alpha value is -0.610. The van der Waals surface area contributed by atoms with Gasteiger partial charge in [-0.1, -0.05) is 41.5 Å². The van der Waals surface area contributed by atoms with Crippen molar-refractivity contribution in [3.05, 3.63) is 0 Å². The van der Waals surface area contributed by atoms with Crippen LogP contribution in [0.15, 0.2) is 0 Å². The van der Waals surface area contributed by atoms with Crippen LogP contribution in [-0.2, 0) is 4.79 Å². The second-order valence-corrected chi connectivity index (χ2v) is 8.68. The summed E-state index contributed by atoms with van der Waals surface area (Å²) in [6.07, 6.45) is 2.24. The van der Waals surface area contributed by atoms with Gasteiger partial charge in [-0.25, -0.2) is 0 Å². The van der Waals surface area contributed by atoms with Crippen molar-refractivity contribution in [1.82, 2.24) is 10.2 Å². The third kappa shape index (κ3) is 6.79. The summed E-state index contributed by atoms with van der Waals surface area (Å²) < 4.78 is 0. The molecule has 0 bridgehead atoms. The molecule has 1 fully saturated rings. The third-order valence-corrected chi connectivity index (χ3v) is 4.13. The number of nitrogens with one attached hydrogen (secondary N) is 1. The molecule has 1 heterocycles. The van der Waals surface area contributed by atoms with Gasteiger partial charge in [-0.3, -0.25) is 4.79 Å². The Balaban J connectivity index is 2.31. The molecule has 1 aliphatic rings. The molecule has 1 saturated heterocycles. The lowest BCUT2D eigenvalue weighted by molar-refractivity contribution is -0.134. The highest BCUT2D eigenvalue weighted by Gasteiger charge is 2.27. The maximum atomic E-state index is 12.2. The number of aliphatic hydroxyl groups excluding tert-OH is 1. The third-order valence-electron chi connectivity index (χ3n) is 4.13. The van der Waals surface area contributed by atoms with Gasteiger partial charge in [0.05, 0.1) is 6.10 Å². The predicted molar refractivity (Wildman–Crippen MR) is 87.1 cm³/mol. The van der Waals surface area contributed by atoms with E-state index in [1.54, 1.807) is 0 Å². The Kier molecular flexibility index (Phi) is 6.23. The molecule has 4 heteroatoms. The number of likely N-dealkylation sites (tertiary alicyclic amines) is 1. The molecule has 124 valence electrons. The Morgan fingerprint density at radius 2 is 1.71 bits per heavy atom. The summed E-state index contributed by atoms with van der Waals surface area (Å²) in [6.45, 7) is 14.8. The summed E-state index contributed by atoms with van der Waals surface area (Å²) in [5.74, 6) is 0.274.